The molecule has 0 unspecified atom stereocenters. The smallest absolute Gasteiger partial charge is 0.229 e. The van der Waals surface area contributed by atoms with Gasteiger partial charge in [0, 0.05) is 47.9 Å². The fraction of sp³-hybridized carbons (Fsp3) is 0.320. The minimum Gasteiger partial charge on any atom is -0.343 e. The number of carbonyl (C=O) groups excluding carboxylic acids is 2. The third-order valence-electron chi connectivity index (χ3n) is 5.74. The second-order valence-corrected chi connectivity index (χ2v) is 9.62. The van der Waals surface area contributed by atoms with Crippen LogP contribution in [-0.2, 0) is 22.4 Å². The first-order chi connectivity index (χ1) is 15.6. The van der Waals surface area contributed by atoms with Gasteiger partial charge in [0.25, 0.3) is 0 Å². The summed E-state index contributed by atoms with van der Waals surface area (Å²) in [4.78, 5) is 32.5. The van der Waals surface area contributed by atoms with Crippen molar-refractivity contribution >= 4 is 39.9 Å². The van der Waals surface area contributed by atoms with Gasteiger partial charge in [-0.15, -0.1) is 11.3 Å². The van der Waals surface area contributed by atoms with E-state index in [4.69, 9.17) is 11.6 Å². The summed E-state index contributed by atoms with van der Waals surface area (Å²) in [6.07, 6.45) is 5.16. The highest BCUT2D eigenvalue weighted by molar-refractivity contribution is 7.15. The Kier molecular flexibility index (Phi) is 7.55. The number of likely N-dealkylation sites (tertiary alicyclic amines) is 1. The number of nitrogens with zero attached hydrogens (tertiary/aromatic N) is 2. The average Bonchev–Trinajstić information content (AvgIpc) is 3.24. The van der Waals surface area contributed by atoms with E-state index in [0.717, 1.165) is 23.3 Å². The average molecular weight is 468 g/mol. The molecule has 1 aromatic heterocycles. The van der Waals surface area contributed by atoms with E-state index in [2.05, 4.69) is 10.3 Å². The molecule has 2 amide bonds. The lowest BCUT2D eigenvalue weighted by molar-refractivity contribution is -0.134. The summed E-state index contributed by atoms with van der Waals surface area (Å²) in [6, 6.07) is 17.8. The standard InChI is InChI=1S/C25H26ClN3O2S/c26-21-8-4-7-19(15-21)16-22-17-27-25(32-22)28-24(31)20-11-13-29(14-12-20)23(30)10-9-18-5-2-1-3-6-18/h1-8,15,17,20H,9-14,16H2,(H,27,28,31). The van der Waals surface area contributed by atoms with Gasteiger partial charge in [0.15, 0.2) is 5.13 Å². The van der Waals surface area contributed by atoms with Crippen LogP contribution in [0.5, 0.6) is 0 Å². The van der Waals surface area contributed by atoms with Gasteiger partial charge in [-0.05, 0) is 42.5 Å². The number of hydrogen-bond donors (Lipinski definition) is 1. The van der Waals surface area contributed by atoms with E-state index in [-0.39, 0.29) is 17.7 Å². The molecule has 0 spiro atoms. The van der Waals surface area contributed by atoms with E-state index in [0.29, 0.717) is 42.5 Å². The third-order valence-corrected chi connectivity index (χ3v) is 6.89. The van der Waals surface area contributed by atoms with E-state index < -0.39 is 0 Å². The number of amides is 2. The number of benzene rings is 2. The monoisotopic (exact) mass is 467 g/mol. The number of aryl methyl sites for hydroxylation is 1. The van der Waals surface area contributed by atoms with Gasteiger partial charge in [-0.3, -0.25) is 9.59 Å². The first kappa shape index (κ1) is 22.5. The summed E-state index contributed by atoms with van der Waals surface area (Å²) in [6.45, 7) is 1.26. The van der Waals surface area contributed by atoms with Gasteiger partial charge in [-0.1, -0.05) is 54.1 Å². The molecule has 2 heterocycles. The van der Waals surface area contributed by atoms with Crippen LogP contribution < -0.4 is 5.32 Å². The maximum Gasteiger partial charge on any atom is 0.229 e. The number of aromatic nitrogens is 1. The van der Waals surface area contributed by atoms with Crippen molar-refractivity contribution in [1.29, 1.82) is 0 Å². The number of halogens is 1. The van der Waals surface area contributed by atoms with E-state index in [1.54, 1.807) is 6.20 Å². The predicted octanol–water partition coefficient (Wildman–Crippen LogP) is 5.20. The van der Waals surface area contributed by atoms with Crippen molar-refractivity contribution in [3.05, 3.63) is 81.8 Å². The van der Waals surface area contributed by atoms with E-state index >= 15 is 0 Å². The molecular weight excluding hydrogens is 442 g/mol. The van der Waals surface area contributed by atoms with Crippen molar-refractivity contribution in [3.63, 3.8) is 0 Å². The molecule has 1 aliphatic rings. The Morgan fingerprint density at radius 3 is 2.56 bits per heavy atom. The lowest BCUT2D eigenvalue weighted by Crippen LogP contribution is -2.41. The van der Waals surface area contributed by atoms with Gasteiger partial charge >= 0.3 is 0 Å². The fourth-order valence-corrected chi connectivity index (χ4v) is 5.01. The highest BCUT2D eigenvalue weighted by atomic mass is 35.5. The van der Waals surface area contributed by atoms with Gasteiger partial charge in [-0.2, -0.15) is 0 Å². The van der Waals surface area contributed by atoms with Crippen molar-refractivity contribution in [2.45, 2.75) is 32.1 Å². The SMILES string of the molecule is O=C(Nc1ncc(Cc2cccc(Cl)c2)s1)C1CCN(C(=O)CCc2ccccc2)CC1. The lowest BCUT2D eigenvalue weighted by Gasteiger charge is -2.31. The van der Waals surface area contributed by atoms with Crippen LogP contribution in [0.3, 0.4) is 0 Å². The zero-order chi connectivity index (χ0) is 22.3. The van der Waals surface area contributed by atoms with Gasteiger partial charge in [0.1, 0.15) is 0 Å². The Morgan fingerprint density at radius 2 is 1.81 bits per heavy atom. The molecule has 0 atom stereocenters. The van der Waals surface area contributed by atoms with Gasteiger partial charge in [0.2, 0.25) is 11.8 Å². The summed E-state index contributed by atoms with van der Waals surface area (Å²) in [5.74, 6) is 0.0665. The number of carbonyl (C=O) groups is 2. The summed E-state index contributed by atoms with van der Waals surface area (Å²) in [7, 11) is 0. The van der Waals surface area contributed by atoms with Gasteiger partial charge < -0.3 is 10.2 Å². The van der Waals surface area contributed by atoms with Crippen molar-refractivity contribution in [3.8, 4) is 0 Å². The first-order valence-corrected chi connectivity index (χ1v) is 12.1. The topological polar surface area (TPSA) is 62.3 Å². The number of piperidine rings is 1. The number of hydrogen-bond acceptors (Lipinski definition) is 4. The first-order valence-electron chi connectivity index (χ1n) is 10.9. The Hall–Kier alpha value is -2.70. The Labute approximate surface area is 197 Å². The summed E-state index contributed by atoms with van der Waals surface area (Å²) >= 11 is 7.54. The van der Waals surface area contributed by atoms with Crippen LogP contribution in [0.2, 0.25) is 5.02 Å². The Morgan fingerprint density at radius 1 is 1.06 bits per heavy atom. The van der Waals surface area contributed by atoms with Crippen LogP contribution in [0.4, 0.5) is 5.13 Å². The minimum absolute atomic E-state index is 0.00922. The number of thiazole rings is 1. The van der Waals surface area contributed by atoms with Crippen LogP contribution in [0.25, 0.3) is 0 Å². The van der Waals surface area contributed by atoms with Crippen LogP contribution in [0.15, 0.2) is 60.8 Å². The van der Waals surface area contributed by atoms with Gasteiger partial charge in [0.05, 0.1) is 0 Å². The molecule has 7 heteroatoms. The highest BCUT2D eigenvalue weighted by Crippen LogP contribution is 2.25. The minimum atomic E-state index is -0.0894. The molecule has 0 radical (unpaired) electrons. The van der Waals surface area contributed by atoms with Crippen molar-refractivity contribution < 1.29 is 9.59 Å². The molecule has 4 rings (SSSR count). The second kappa shape index (κ2) is 10.7. The second-order valence-electron chi connectivity index (χ2n) is 8.07. The van der Waals surface area contributed by atoms with Crippen LogP contribution in [-0.4, -0.2) is 34.8 Å². The van der Waals surface area contributed by atoms with E-state index in [1.807, 2.05) is 59.5 Å². The molecule has 3 aromatic rings. The highest BCUT2D eigenvalue weighted by Gasteiger charge is 2.27. The van der Waals surface area contributed by atoms with Crippen LogP contribution >= 0.6 is 22.9 Å². The van der Waals surface area contributed by atoms with Crippen molar-refractivity contribution in [2.75, 3.05) is 18.4 Å². The fourth-order valence-electron chi connectivity index (χ4n) is 3.95. The molecule has 2 aromatic carbocycles. The van der Waals surface area contributed by atoms with E-state index in [9.17, 15) is 9.59 Å². The third kappa shape index (κ3) is 6.17. The van der Waals surface area contributed by atoms with Gasteiger partial charge in [-0.25, -0.2) is 4.98 Å². The lowest BCUT2D eigenvalue weighted by atomic mass is 9.95. The van der Waals surface area contributed by atoms with E-state index in [1.165, 1.54) is 16.9 Å². The Bertz CT molecular complexity index is 1060. The normalized spacial score (nSPS) is 14.3. The molecule has 1 fully saturated rings. The van der Waals surface area contributed by atoms with Crippen molar-refractivity contribution in [1.82, 2.24) is 9.88 Å². The molecule has 1 saturated heterocycles. The number of rotatable bonds is 7. The molecular formula is C25H26ClN3O2S. The molecule has 32 heavy (non-hydrogen) atoms. The molecule has 0 saturated carbocycles. The zero-order valence-corrected chi connectivity index (χ0v) is 19.4. The molecule has 1 N–H and O–H groups in total. The van der Waals surface area contributed by atoms with Crippen LogP contribution in [0, 0.1) is 5.92 Å². The summed E-state index contributed by atoms with van der Waals surface area (Å²) in [5.41, 5.74) is 2.29. The molecule has 0 bridgehead atoms. The largest absolute Gasteiger partial charge is 0.343 e. The maximum atomic E-state index is 12.7. The molecule has 166 valence electrons. The van der Waals surface area contributed by atoms with Crippen LogP contribution in [0.1, 0.15) is 35.3 Å². The van der Waals surface area contributed by atoms with Crippen molar-refractivity contribution in [2.24, 2.45) is 5.92 Å². The Balaban J connectivity index is 1.22. The zero-order valence-electron chi connectivity index (χ0n) is 17.8. The predicted molar refractivity (Wildman–Crippen MR) is 129 cm³/mol. The summed E-state index contributed by atoms with van der Waals surface area (Å²) in [5, 5.41) is 4.29. The molecule has 0 aliphatic carbocycles. The molecule has 5 nitrogen and oxygen atoms in total. The maximum absolute atomic E-state index is 12.7. The summed E-state index contributed by atoms with van der Waals surface area (Å²) < 4.78 is 0. The quantitative estimate of drug-likeness (QED) is 0.519. The number of anilines is 1. The molecule has 1 aliphatic heterocycles. The number of nitrogens with one attached hydrogen (secondary N) is 1.